The van der Waals surface area contributed by atoms with E-state index < -0.39 is 6.10 Å². The van der Waals surface area contributed by atoms with Crippen LogP contribution in [0.4, 0.5) is 0 Å². The van der Waals surface area contributed by atoms with Gasteiger partial charge in [0.25, 0.3) is 0 Å². The van der Waals surface area contributed by atoms with Gasteiger partial charge in [-0.25, -0.2) is 0 Å². The standard InChI is InChI=1S/C12H16O2/c13-10-4-7-12(14)9-8-11-5-2-1-3-6-11/h1-7,12-14H,8-10H2/b7-4+/t12-/m0/s1. The van der Waals surface area contributed by atoms with Gasteiger partial charge < -0.3 is 10.2 Å². The first-order valence-electron chi connectivity index (χ1n) is 4.82. The first kappa shape index (κ1) is 11.0. The summed E-state index contributed by atoms with van der Waals surface area (Å²) in [5.74, 6) is 0. The van der Waals surface area contributed by atoms with E-state index in [2.05, 4.69) is 0 Å². The summed E-state index contributed by atoms with van der Waals surface area (Å²) in [7, 11) is 0. The van der Waals surface area contributed by atoms with E-state index in [9.17, 15) is 5.11 Å². The highest BCUT2D eigenvalue weighted by Gasteiger charge is 1.99. The van der Waals surface area contributed by atoms with Crippen LogP contribution in [0.25, 0.3) is 0 Å². The van der Waals surface area contributed by atoms with Crippen LogP contribution in [0.5, 0.6) is 0 Å². The molecule has 0 aliphatic rings. The number of benzene rings is 1. The van der Waals surface area contributed by atoms with Gasteiger partial charge in [0, 0.05) is 0 Å². The van der Waals surface area contributed by atoms with E-state index in [1.54, 1.807) is 12.2 Å². The van der Waals surface area contributed by atoms with E-state index in [4.69, 9.17) is 5.11 Å². The predicted octanol–water partition coefficient (Wildman–Crippen LogP) is 1.53. The Morgan fingerprint density at radius 2 is 1.93 bits per heavy atom. The van der Waals surface area contributed by atoms with E-state index in [1.165, 1.54) is 5.56 Å². The van der Waals surface area contributed by atoms with E-state index in [1.807, 2.05) is 30.3 Å². The Hall–Kier alpha value is -1.12. The van der Waals surface area contributed by atoms with E-state index >= 15 is 0 Å². The maximum Gasteiger partial charge on any atom is 0.0724 e. The predicted molar refractivity (Wildman–Crippen MR) is 57.0 cm³/mol. The molecule has 1 aromatic rings. The first-order chi connectivity index (χ1) is 6.83. The Bertz CT molecular complexity index is 267. The minimum absolute atomic E-state index is 0.0115. The molecule has 0 saturated carbocycles. The second-order valence-corrected chi connectivity index (χ2v) is 3.20. The molecule has 0 aliphatic heterocycles. The van der Waals surface area contributed by atoms with Gasteiger partial charge in [0.1, 0.15) is 0 Å². The molecule has 2 N–H and O–H groups in total. The van der Waals surface area contributed by atoms with Gasteiger partial charge in [-0.2, -0.15) is 0 Å². The van der Waals surface area contributed by atoms with Crippen LogP contribution in [0.15, 0.2) is 42.5 Å². The van der Waals surface area contributed by atoms with Gasteiger partial charge in [-0.15, -0.1) is 0 Å². The van der Waals surface area contributed by atoms with Crippen LogP contribution in [-0.4, -0.2) is 22.9 Å². The van der Waals surface area contributed by atoms with Crippen LogP contribution < -0.4 is 0 Å². The first-order valence-corrected chi connectivity index (χ1v) is 4.82. The molecule has 2 nitrogen and oxygen atoms in total. The number of aryl methyl sites for hydroxylation is 1. The molecule has 1 atom stereocenters. The molecule has 1 aromatic carbocycles. The summed E-state index contributed by atoms with van der Waals surface area (Å²) in [6.07, 6.45) is 4.29. The van der Waals surface area contributed by atoms with Crippen LogP contribution in [0, 0.1) is 0 Å². The molecule has 0 aromatic heterocycles. The Kier molecular flexibility index (Phi) is 4.97. The van der Waals surface area contributed by atoms with Crippen LogP contribution >= 0.6 is 0 Å². The van der Waals surface area contributed by atoms with Crippen molar-refractivity contribution < 1.29 is 10.2 Å². The summed E-state index contributed by atoms with van der Waals surface area (Å²) < 4.78 is 0. The molecule has 0 saturated heterocycles. The van der Waals surface area contributed by atoms with E-state index in [0.29, 0.717) is 6.42 Å². The van der Waals surface area contributed by atoms with Crippen molar-refractivity contribution in [3.05, 3.63) is 48.0 Å². The molecule has 2 heteroatoms. The lowest BCUT2D eigenvalue weighted by Gasteiger charge is -2.04. The molecule has 0 fully saturated rings. The van der Waals surface area contributed by atoms with Gasteiger partial charge in [0.2, 0.25) is 0 Å². The second-order valence-electron chi connectivity index (χ2n) is 3.20. The van der Waals surface area contributed by atoms with Gasteiger partial charge in [-0.05, 0) is 18.4 Å². The lowest BCUT2D eigenvalue weighted by atomic mass is 10.1. The molecule has 0 spiro atoms. The van der Waals surface area contributed by atoms with Crippen molar-refractivity contribution in [1.29, 1.82) is 0 Å². The third kappa shape index (κ3) is 4.21. The Morgan fingerprint density at radius 1 is 1.21 bits per heavy atom. The zero-order chi connectivity index (χ0) is 10.2. The summed E-state index contributed by atoms with van der Waals surface area (Å²) in [6.45, 7) is -0.0115. The summed E-state index contributed by atoms with van der Waals surface area (Å²) in [6, 6.07) is 10.0. The molecule has 0 heterocycles. The maximum atomic E-state index is 9.44. The Balaban J connectivity index is 2.30. The van der Waals surface area contributed by atoms with Crippen LogP contribution in [0.1, 0.15) is 12.0 Å². The smallest absolute Gasteiger partial charge is 0.0724 e. The van der Waals surface area contributed by atoms with Gasteiger partial charge >= 0.3 is 0 Å². The van der Waals surface area contributed by atoms with Crippen molar-refractivity contribution in [3.8, 4) is 0 Å². The zero-order valence-corrected chi connectivity index (χ0v) is 8.13. The van der Waals surface area contributed by atoms with Gasteiger partial charge in [-0.1, -0.05) is 42.5 Å². The highest BCUT2D eigenvalue weighted by Crippen LogP contribution is 2.05. The fourth-order valence-corrected chi connectivity index (χ4v) is 1.27. The molecule has 0 amide bonds. The number of aliphatic hydroxyl groups is 2. The van der Waals surface area contributed by atoms with Crippen LogP contribution in [-0.2, 0) is 6.42 Å². The quantitative estimate of drug-likeness (QED) is 0.694. The summed E-state index contributed by atoms with van der Waals surface area (Å²) in [5.41, 5.74) is 1.23. The van der Waals surface area contributed by atoms with Crippen molar-refractivity contribution in [3.63, 3.8) is 0 Å². The van der Waals surface area contributed by atoms with Crippen LogP contribution in [0.3, 0.4) is 0 Å². The average molecular weight is 192 g/mol. The summed E-state index contributed by atoms with van der Waals surface area (Å²) in [5, 5.41) is 17.9. The maximum absolute atomic E-state index is 9.44. The second kappa shape index (κ2) is 6.35. The Morgan fingerprint density at radius 3 is 2.57 bits per heavy atom. The Labute approximate surface area is 84.5 Å². The molecule has 0 bridgehead atoms. The molecule has 14 heavy (non-hydrogen) atoms. The fraction of sp³-hybridized carbons (Fsp3) is 0.333. The lowest BCUT2D eigenvalue weighted by Crippen LogP contribution is -2.04. The molecule has 0 radical (unpaired) electrons. The minimum Gasteiger partial charge on any atom is -0.392 e. The number of hydrogen-bond donors (Lipinski definition) is 2. The highest BCUT2D eigenvalue weighted by molar-refractivity contribution is 5.14. The van der Waals surface area contributed by atoms with E-state index in [-0.39, 0.29) is 6.61 Å². The number of hydrogen-bond acceptors (Lipinski definition) is 2. The van der Waals surface area contributed by atoms with Crippen molar-refractivity contribution in [2.45, 2.75) is 18.9 Å². The fourth-order valence-electron chi connectivity index (χ4n) is 1.27. The summed E-state index contributed by atoms with van der Waals surface area (Å²) in [4.78, 5) is 0. The highest BCUT2D eigenvalue weighted by atomic mass is 16.3. The molecule has 0 unspecified atom stereocenters. The number of rotatable bonds is 5. The topological polar surface area (TPSA) is 40.5 Å². The minimum atomic E-state index is -0.456. The largest absolute Gasteiger partial charge is 0.392 e. The monoisotopic (exact) mass is 192 g/mol. The summed E-state index contributed by atoms with van der Waals surface area (Å²) >= 11 is 0. The van der Waals surface area contributed by atoms with E-state index in [0.717, 1.165) is 6.42 Å². The molecular weight excluding hydrogens is 176 g/mol. The van der Waals surface area contributed by atoms with Gasteiger partial charge in [0.05, 0.1) is 12.7 Å². The lowest BCUT2D eigenvalue weighted by molar-refractivity contribution is 0.211. The van der Waals surface area contributed by atoms with Crippen LogP contribution in [0.2, 0.25) is 0 Å². The van der Waals surface area contributed by atoms with Gasteiger partial charge in [0.15, 0.2) is 0 Å². The third-order valence-electron chi connectivity index (χ3n) is 2.04. The van der Waals surface area contributed by atoms with Crippen molar-refractivity contribution in [2.75, 3.05) is 6.61 Å². The number of aliphatic hydroxyl groups excluding tert-OH is 2. The molecule has 0 aliphatic carbocycles. The average Bonchev–Trinajstić information content (AvgIpc) is 2.25. The van der Waals surface area contributed by atoms with Crippen molar-refractivity contribution >= 4 is 0 Å². The third-order valence-corrected chi connectivity index (χ3v) is 2.04. The molecule has 1 rings (SSSR count). The van der Waals surface area contributed by atoms with Crippen molar-refractivity contribution in [2.24, 2.45) is 0 Å². The normalized spacial score (nSPS) is 13.3. The van der Waals surface area contributed by atoms with Crippen molar-refractivity contribution in [1.82, 2.24) is 0 Å². The zero-order valence-electron chi connectivity index (χ0n) is 8.13. The SMILES string of the molecule is OC/C=C/[C@H](O)CCc1ccccc1. The molecular formula is C12H16O2. The van der Waals surface area contributed by atoms with Gasteiger partial charge in [-0.3, -0.25) is 0 Å². The molecule has 76 valence electrons.